The van der Waals surface area contributed by atoms with E-state index in [2.05, 4.69) is 136 Å². The Hall–Kier alpha value is -4.83. The molecule has 0 bridgehead atoms. The maximum atomic E-state index is 5.12. The van der Waals surface area contributed by atoms with Gasteiger partial charge in [0.1, 0.15) is 0 Å². The normalized spacial score (nSPS) is 12.0. The van der Waals surface area contributed by atoms with E-state index in [4.69, 9.17) is 4.98 Å². The van der Waals surface area contributed by atoms with Gasteiger partial charge in [-0.25, -0.2) is 4.98 Å². The first-order valence-corrected chi connectivity index (χ1v) is 12.3. The van der Waals surface area contributed by atoms with E-state index >= 15 is 0 Å². The van der Waals surface area contributed by atoms with Gasteiger partial charge >= 0.3 is 0 Å². The lowest BCUT2D eigenvalue weighted by Gasteiger charge is -2.13. The number of imidazole rings is 2. The lowest BCUT2D eigenvalue weighted by molar-refractivity contribution is 1.09. The first kappa shape index (κ1) is 19.5. The number of benzene rings is 5. The molecule has 0 N–H and O–H groups in total. The number of aromatic nitrogens is 4. The second-order valence-electron chi connectivity index (χ2n) is 9.42. The van der Waals surface area contributed by atoms with Gasteiger partial charge in [-0.3, -0.25) is 8.97 Å². The van der Waals surface area contributed by atoms with Gasteiger partial charge in [0.2, 0.25) is 5.78 Å². The number of hydrogen-bond acceptors (Lipinski definition) is 1. The summed E-state index contributed by atoms with van der Waals surface area (Å²) in [6, 6.07) is 41.0. The molecule has 0 fully saturated rings. The molecular formula is C32H22N4. The summed E-state index contributed by atoms with van der Waals surface area (Å²) in [6.07, 6.45) is 0. The van der Waals surface area contributed by atoms with Crippen LogP contribution in [0.25, 0.3) is 61.0 Å². The van der Waals surface area contributed by atoms with Crippen LogP contribution < -0.4 is 0 Å². The molecule has 0 amide bonds. The van der Waals surface area contributed by atoms with Gasteiger partial charge < -0.3 is 4.57 Å². The topological polar surface area (TPSA) is 27.2 Å². The van der Waals surface area contributed by atoms with Crippen LogP contribution >= 0.6 is 0 Å². The molecule has 3 heterocycles. The second kappa shape index (κ2) is 7.09. The molecule has 0 aliphatic heterocycles. The summed E-state index contributed by atoms with van der Waals surface area (Å²) in [7, 11) is 0. The summed E-state index contributed by atoms with van der Waals surface area (Å²) < 4.78 is 7.00. The van der Waals surface area contributed by atoms with E-state index in [1.54, 1.807) is 0 Å². The Morgan fingerprint density at radius 3 is 2.03 bits per heavy atom. The molecule has 8 aromatic rings. The molecule has 5 aromatic carbocycles. The number of para-hydroxylation sites is 6. The maximum absolute atomic E-state index is 5.12. The van der Waals surface area contributed by atoms with Gasteiger partial charge in [0.25, 0.3) is 0 Å². The van der Waals surface area contributed by atoms with Gasteiger partial charge in [-0.1, -0.05) is 72.3 Å². The molecule has 0 radical (unpaired) electrons. The van der Waals surface area contributed by atoms with Crippen LogP contribution in [0.4, 0.5) is 0 Å². The van der Waals surface area contributed by atoms with Gasteiger partial charge in [-0.2, -0.15) is 0 Å². The highest BCUT2D eigenvalue weighted by molar-refractivity contribution is 6.12. The summed E-state index contributed by atoms with van der Waals surface area (Å²) in [6.45, 7) is 2.13. The summed E-state index contributed by atoms with van der Waals surface area (Å²) >= 11 is 0. The summed E-state index contributed by atoms with van der Waals surface area (Å²) in [5, 5.41) is 2.48. The molecule has 36 heavy (non-hydrogen) atoms. The first-order chi connectivity index (χ1) is 17.8. The average Bonchev–Trinajstić information content (AvgIpc) is 3.56. The van der Waals surface area contributed by atoms with Crippen LogP contribution in [0.3, 0.4) is 0 Å². The zero-order valence-electron chi connectivity index (χ0n) is 19.8. The fourth-order valence-corrected chi connectivity index (χ4v) is 5.73. The number of aryl methyl sites for hydroxylation is 1. The van der Waals surface area contributed by atoms with Gasteiger partial charge in [0.15, 0.2) is 0 Å². The Bertz CT molecular complexity index is 2100. The fraction of sp³-hybridized carbons (Fsp3) is 0.0312. The first-order valence-electron chi connectivity index (χ1n) is 12.3. The van der Waals surface area contributed by atoms with Crippen molar-refractivity contribution >= 4 is 49.7 Å². The Morgan fingerprint density at radius 2 is 1.19 bits per heavy atom. The van der Waals surface area contributed by atoms with E-state index in [9.17, 15) is 0 Å². The summed E-state index contributed by atoms with van der Waals surface area (Å²) in [4.78, 5) is 5.12. The van der Waals surface area contributed by atoms with Gasteiger partial charge in [-0.05, 0) is 55.5 Å². The molecule has 0 saturated carbocycles. The third-order valence-corrected chi connectivity index (χ3v) is 7.31. The van der Waals surface area contributed by atoms with Crippen molar-refractivity contribution in [2.75, 3.05) is 0 Å². The second-order valence-corrected chi connectivity index (χ2v) is 9.42. The van der Waals surface area contributed by atoms with Crippen LogP contribution in [0, 0.1) is 6.92 Å². The van der Waals surface area contributed by atoms with Crippen molar-refractivity contribution in [2.24, 2.45) is 0 Å². The molecule has 0 aliphatic rings. The van der Waals surface area contributed by atoms with E-state index < -0.39 is 0 Å². The Labute approximate surface area is 207 Å². The van der Waals surface area contributed by atoms with Crippen molar-refractivity contribution in [1.29, 1.82) is 0 Å². The highest BCUT2D eigenvalue weighted by Gasteiger charge is 2.21. The third kappa shape index (κ3) is 2.50. The minimum absolute atomic E-state index is 0.922. The van der Waals surface area contributed by atoms with E-state index in [0.29, 0.717) is 0 Å². The zero-order chi connectivity index (χ0) is 23.8. The molecule has 0 atom stereocenters. The van der Waals surface area contributed by atoms with Crippen LogP contribution in [-0.4, -0.2) is 18.5 Å². The van der Waals surface area contributed by atoms with E-state index in [0.717, 1.165) is 39.2 Å². The van der Waals surface area contributed by atoms with Crippen LogP contribution in [0.15, 0.2) is 115 Å². The van der Waals surface area contributed by atoms with Gasteiger partial charge in [0, 0.05) is 16.5 Å². The molecule has 0 unspecified atom stereocenters. The van der Waals surface area contributed by atoms with Crippen molar-refractivity contribution in [2.45, 2.75) is 6.92 Å². The molecule has 0 saturated heterocycles. The predicted octanol–water partition coefficient (Wildman–Crippen LogP) is 7.84. The maximum Gasteiger partial charge on any atom is 0.220 e. The number of nitrogens with zero attached hydrogens (tertiary/aromatic N) is 4. The highest BCUT2D eigenvalue weighted by atomic mass is 15.2. The molecule has 0 aliphatic carbocycles. The number of fused-ring (bicyclic) bond motifs is 8. The van der Waals surface area contributed by atoms with Crippen LogP contribution in [0.5, 0.6) is 0 Å². The highest BCUT2D eigenvalue weighted by Crippen LogP contribution is 2.38. The lowest BCUT2D eigenvalue weighted by Crippen LogP contribution is -2.01. The largest absolute Gasteiger partial charge is 0.307 e. The van der Waals surface area contributed by atoms with Crippen molar-refractivity contribution < 1.29 is 0 Å². The quantitative estimate of drug-likeness (QED) is 0.257. The number of hydrogen-bond donors (Lipinski definition) is 0. The average molecular weight is 463 g/mol. The number of rotatable bonds is 2. The summed E-state index contributed by atoms with van der Waals surface area (Å²) in [5.74, 6) is 0.922. The Morgan fingerprint density at radius 1 is 0.528 bits per heavy atom. The molecule has 0 spiro atoms. The molecule has 3 aromatic heterocycles. The van der Waals surface area contributed by atoms with E-state index in [1.165, 1.54) is 27.4 Å². The van der Waals surface area contributed by atoms with Gasteiger partial charge in [-0.15, -0.1) is 0 Å². The monoisotopic (exact) mass is 462 g/mol. The van der Waals surface area contributed by atoms with Crippen LogP contribution in [0.2, 0.25) is 0 Å². The Balaban J connectivity index is 1.60. The van der Waals surface area contributed by atoms with E-state index in [-0.39, 0.29) is 0 Å². The standard InChI is InChI=1S/C32H22N4/c1-21-17-19-22(20-18-21)34-26-12-4-2-9-23(26)24-10-8-16-30(31(24)34)36-29-15-7-6-14-28(29)35-27-13-5-3-11-25(27)33-32(35)36/h2-20H,1H3. The minimum atomic E-state index is 0.922. The van der Waals surface area contributed by atoms with Crippen molar-refractivity contribution in [1.82, 2.24) is 18.5 Å². The van der Waals surface area contributed by atoms with Crippen molar-refractivity contribution in [3.05, 3.63) is 121 Å². The van der Waals surface area contributed by atoms with Crippen molar-refractivity contribution in [3.63, 3.8) is 0 Å². The molecule has 170 valence electrons. The smallest absolute Gasteiger partial charge is 0.220 e. The minimum Gasteiger partial charge on any atom is -0.307 e. The third-order valence-electron chi connectivity index (χ3n) is 7.31. The SMILES string of the molecule is Cc1ccc(-n2c3ccccc3c3cccc(-n4c5ccccc5n5c6ccccc6nc45)c32)cc1. The predicted molar refractivity (Wildman–Crippen MR) is 149 cm³/mol. The summed E-state index contributed by atoms with van der Waals surface area (Å²) in [5.41, 5.74) is 10.3. The van der Waals surface area contributed by atoms with E-state index in [1.807, 2.05) is 0 Å². The zero-order valence-corrected chi connectivity index (χ0v) is 19.8. The lowest BCUT2D eigenvalue weighted by atomic mass is 10.1. The van der Waals surface area contributed by atoms with Crippen LogP contribution in [-0.2, 0) is 0 Å². The molecular weight excluding hydrogens is 440 g/mol. The molecule has 8 rings (SSSR count). The van der Waals surface area contributed by atoms with Crippen molar-refractivity contribution in [3.8, 4) is 11.4 Å². The fourth-order valence-electron chi connectivity index (χ4n) is 5.73. The Kier molecular flexibility index (Phi) is 3.84. The molecule has 4 nitrogen and oxygen atoms in total. The molecule has 4 heteroatoms. The van der Waals surface area contributed by atoms with Crippen LogP contribution in [0.1, 0.15) is 5.56 Å². The van der Waals surface area contributed by atoms with Gasteiger partial charge in [0.05, 0.1) is 38.8 Å².